The minimum atomic E-state index is -0.258. The number of nitrogens with zero attached hydrogens (tertiary/aromatic N) is 2. The van der Waals surface area contributed by atoms with Crippen LogP contribution in [0.4, 0.5) is 0 Å². The smallest absolute Gasteiger partial charge is 0.120 e. The lowest BCUT2D eigenvalue weighted by molar-refractivity contribution is -0.0606. The average Bonchev–Trinajstić information content (AvgIpc) is 2.04. The first-order valence-electron chi connectivity index (χ1n) is 4.81. The molecular formula is C9H20N2O. The van der Waals surface area contributed by atoms with Gasteiger partial charge in [0.1, 0.15) is 6.23 Å². The van der Waals surface area contributed by atoms with Crippen LogP contribution in [0.5, 0.6) is 0 Å². The van der Waals surface area contributed by atoms with Crippen molar-refractivity contribution in [3.8, 4) is 0 Å². The summed E-state index contributed by atoms with van der Waals surface area (Å²) in [5.41, 5.74) is 0. The second-order valence-electron chi connectivity index (χ2n) is 3.70. The molecule has 1 saturated heterocycles. The Morgan fingerprint density at radius 3 is 2.50 bits per heavy atom. The summed E-state index contributed by atoms with van der Waals surface area (Å²) in [6, 6.07) is 0.554. The minimum Gasteiger partial charge on any atom is -0.377 e. The molecule has 72 valence electrons. The van der Waals surface area contributed by atoms with Crippen molar-refractivity contribution in [2.45, 2.75) is 33.0 Å². The van der Waals surface area contributed by atoms with Gasteiger partial charge in [0, 0.05) is 25.7 Å². The second-order valence-corrected chi connectivity index (χ2v) is 3.70. The van der Waals surface area contributed by atoms with Gasteiger partial charge in [-0.05, 0) is 20.4 Å². The molecule has 3 nitrogen and oxygen atoms in total. The summed E-state index contributed by atoms with van der Waals surface area (Å²) in [7, 11) is 0. The summed E-state index contributed by atoms with van der Waals surface area (Å²) in [5, 5.41) is 9.67. The average molecular weight is 172 g/mol. The van der Waals surface area contributed by atoms with Crippen LogP contribution in [0.2, 0.25) is 0 Å². The third-order valence-electron chi connectivity index (χ3n) is 2.63. The maximum Gasteiger partial charge on any atom is 0.120 e. The van der Waals surface area contributed by atoms with Crippen LogP contribution in [-0.2, 0) is 0 Å². The predicted molar refractivity (Wildman–Crippen MR) is 50.0 cm³/mol. The zero-order valence-corrected chi connectivity index (χ0v) is 8.32. The predicted octanol–water partition coefficient (Wildman–Crippen LogP) is 0.351. The van der Waals surface area contributed by atoms with Crippen LogP contribution in [0.25, 0.3) is 0 Å². The molecule has 1 unspecified atom stereocenters. The van der Waals surface area contributed by atoms with Crippen molar-refractivity contribution in [2.24, 2.45) is 0 Å². The number of aliphatic hydroxyl groups excluding tert-OH is 1. The van der Waals surface area contributed by atoms with E-state index >= 15 is 0 Å². The maximum absolute atomic E-state index is 9.67. The number of hydrogen-bond acceptors (Lipinski definition) is 3. The molecule has 1 atom stereocenters. The van der Waals surface area contributed by atoms with E-state index in [1.165, 1.54) is 0 Å². The van der Waals surface area contributed by atoms with Crippen LogP contribution in [0.1, 0.15) is 20.8 Å². The number of β-amino-alcohol motifs (C(OH)–C–C–N with tert-alkyl or cyclic N) is 1. The standard InChI is InChI=1S/C9H20N2O/c1-4-10-5-6-11(8(2)3)7-9(10)12/h8-9,12H,4-7H2,1-3H3. The lowest BCUT2D eigenvalue weighted by Crippen LogP contribution is -2.54. The van der Waals surface area contributed by atoms with Gasteiger partial charge in [0.15, 0.2) is 0 Å². The van der Waals surface area contributed by atoms with E-state index in [1.807, 2.05) is 0 Å². The zero-order valence-electron chi connectivity index (χ0n) is 8.32. The van der Waals surface area contributed by atoms with E-state index in [4.69, 9.17) is 0 Å². The highest BCUT2D eigenvalue weighted by atomic mass is 16.3. The van der Waals surface area contributed by atoms with Gasteiger partial charge in [-0.3, -0.25) is 9.80 Å². The van der Waals surface area contributed by atoms with Gasteiger partial charge in [0.25, 0.3) is 0 Å². The molecule has 1 N–H and O–H groups in total. The number of aliphatic hydroxyl groups is 1. The summed E-state index contributed by atoms with van der Waals surface area (Å²) in [6.07, 6.45) is -0.258. The van der Waals surface area contributed by atoms with Gasteiger partial charge in [-0.2, -0.15) is 0 Å². The molecule has 0 bridgehead atoms. The van der Waals surface area contributed by atoms with Gasteiger partial charge in [-0.1, -0.05) is 6.92 Å². The largest absolute Gasteiger partial charge is 0.377 e. The maximum atomic E-state index is 9.67. The number of piperazine rings is 1. The first kappa shape index (κ1) is 9.96. The van der Waals surface area contributed by atoms with Gasteiger partial charge >= 0.3 is 0 Å². The van der Waals surface area contributed by atoms with Gasteiger partial charge in [0.05, 0.1) is 0 Å². The lowest BCUT2D eigenvalue weighted by atomic mass is 10.2. The molecular weight excluding hydrogens is 152 g/mol. The van der Waals surface area contributed by atoms with E-state index in [0.717, 1.165) is 26.2 Å². The van der Waals surface area contributed by atoms with E-state index in [2.05, 4.69) is 30.6 Å². The number of rotatable bonds is 2. The number of hydrogen-bond donors (Lipinski definition) is 1. The van der Waals surface area contributed by atoms with Crippen molar-refractivity contribution >= 4 is 0 Å². The molecule has 0 saturated carbocycles. The number of likely N-dealkylation sites (N-methyl/N-ethyl adjacent to an activating group) is 1. The molecule has 1 fully saturated rings. The van der Waals surface area contributed by atoms with E-state index in [0.29, 0.717) is 6.04 Å². The van der Waals surface area contributed by atoms with Crippen molar-refractivity contribution in [3.05, 3.63) is 0 Å². The first-order chi connectivity index (χ1) is 5.65. The van der Waals surface area contributed by atoms with Crippen LogP contribution >= 0.6 is 0 Å². The molecule has 1 aliphatic rings. The third kappa shape index (κ3) is 2.19. The molecule has 1 aliphatic heterocycles. The van der Waals surface area contributed by atoms with Gasteiger partial charge in [-0.15, -0.1) is 0 Å². The lowest BCUT2D eigenvalue weighted by Gasteiger charge is -2.40. The van der Waals surface area contributed by atoms with Gasteiger partial charge in [-0.25, -0.2) is 0 Å². The molecule has 0 aliphatic carbocycles. The molecule has 0 aromatic carbocycles. The summed E-state index contributed by atoms with van der Waals surface area (Å²) in [5.74, 6) is 0. The van der Waals surface area contributed by atoms with Crippen LogP contribution in [0, 0.1) is 0 Å². The molecule has 12 heavy (non-hydrogen) atoms. The summed E-state index contributed by atoms with van der Waals surface area (Å²) < 4.78 is 0. The highest BCUT2D eigenvalue weighted by molar-refractivity contribution is 4.76. The van der Waals surface area contributed by atoms with E-state index < -0.39 is 0 Å². The third-order valence-corrected chi connectivity index (χ3v) is 2.63. The van der Waals surface area contributed by atoms with Crippen LogP contribution in [0.15, 0.2) is 0 Å². The first-order valence-corrected chi connectivity index (χ1v) is 4.81. The molecule has 0 spiro atoms. The van der Waals surface area contributed by atoms with Crippen LogP contribution in [0.3, 0.4) is 0 Å². The van der Waals surface area contributed by atoms with Crippen LogP contribution < -0.4 is 0 Å². The van der Waals surface area contributed by atoms with Crippen LogP contribution in [-0.4, -0.2) is 53.4 Å². The fourth-order valence-corrected chi connectivity index (χ4v) is 1.66. The Labute approximate surface area is 75.0 Å². The van der Waals surface area contributed by atoms with E-state index in [-0.39, 0.29) is 6.23 Å². The van der Waals surface area contributed by atoms with Crippen molar-refractivity contribution in [1.29, 1.82) is 0 Å². The Balaban J connectivity index is 2.40. The Morgan fingerprint density at radius 2 is 2.08 bits per heavy atom. The Morgan fingerprint density at radius 1 is 1.42 bits per heavy atom. The quantitative estimate of drug-likeness (QED) is 0.651. The molecule has 0 aromatic rings. The summed E-state index contributed by atoms with van der Waals surface area (Å²) >= 11 is 0. The fraction of sp³-hybridized carbons (Fsp3) is 1.00. The molecule has 1 rings (SSSR count). The van der Waals surface area contributed by atoms with Crippen molar-refractivity contribution in [3.63, 3.8) is 0 Å². The molecule has 0 aromatic heterocycles. The minimum absolute atomic E-state index is 0.258. The molecule has 0 amide bonds. The van der Waals surface area contributed by atoms with Crippen molar-refractivity contribution < 1.29 is 5.11 Å². The Bertz CT molecular complexity index is 138. The van der Waals surface area contributed by atoms with E-state index in [9.17, 15) is 5.11 Å². The highest BCUT2D eigenvalue weighted by Gasteiger charge is 2.24. The summed E-state index contributed by atoms with van der Waals surface area (Å²) in [4.78, 5) is 4.43. The molecule has 0 radical (unpaired) electrons. The van der Waals surface area contributed by atoms with Gasteiger partial charge < -0.3 is 5.11 Å². The normalized spacial score (nSPS) is 28.2. The second kappa shape index (κ2) is 4.21. The Hall–Kier alpha value is -0.120. The monoisotopic (exact) mass is 172 g/mol. The van der Waals surface area contributed by atoms with Crippen molar-refractivity contribution in [2.75, 3.05) is 26.2 Å². The van der Waals surface area contributed by atoms with Crippen molar-refractivity contribution in [1.82, 2.24) is 9.80 Å². The SMILES string of the molecule is CCN1CCN(C(C)C)CC1O. The summed E-state index contributed by atoms with van der Waals surface area (Å²) in [6.45, 7) is 10.3. The molecule has 3 heteroatoms. The zero-order chi connectivity index (χ0) is 9.14. The topological polar surface area (TPSA) is 26.7 Å². The van der Waals surface area contributed by atoms with Gasteiger partial charge in [0.2, 0.25) is 0 Å². The Kier molecular flexibility index (Phi) is 3.50. The molecule has 1 heterocycles. The van der Waals surface area contributed by atoms with E-state index in [1.54, 1.807) is 0 Å². The highest BCUT2D eigenvalue weighted by Crippen LogP contribution is 2.09. The fourth-order valence-electron chi connectivity index (χ4n) is 1.66.